The van der Waals surface area contributed by atoms with Crippen molar-refractivity contribution >= 4 is 17.3 Å². The average molecular weight is 320 g/mol. The van der Waals surface area contributed by atoms with E-state index in [1.54, 1.807) is 17.0 Å². The molecule has 1 fully saturated rings. The zero-order valence-electron chi connectivity index (χ0n) is 13.9. The van der Waals surface area contributed by atoms with Gasteiger partial charge < -0.3 is 15.5 Å². The maximum absolute atomic E-state index is 12.4. The Bertz CT molecular complexity index is 589. The van der Waals surface area contributed by atoms with E-state index in [4.69, 9.17) is 5.73 Å². The number of nitro groups is 1. The van der Waals surface area contributed by atoms with E-state index in [0.717, 1.165) is 5.69 Å². The van der Waals surface area contributed by atoms with Crippen LogP contribution in [0.5, 0.6) is 0 Å². The lowest BCUT2D eigenvalue weighted by molar-refractivity contribution is -0.384. The molecular weight excluding hydrogens is 296 g/mol. The number of amides is 1. The summed E-state index contributed by atoms with van der Waals surface area (Å²) in [5, 5.41) is 10.9. The van der Waals surface area contributed by atoms with Crippen LogP contribution in [0.25, 0.3) is 0 Å². The Hall–Kier alpha value is -2.15. The van der Waals surface area contributed by atoms with Gasteiger partial charge >= 0.3 is 0 Å². The van der Waals surface area contributed by atoms with Crippen LogP contribution in [0.2, 0.25) is 0 Å². The number of carbonyl (C=O) groups is 1. The molecule has 0 bridgehead atoms. The van der Waals surface area contributed by atoms with Crippen molar-refractivity contribution in [3.05, 3.63) is 34.4 Å². The van der Waals surface area contributed by atoms with Crippen LogP contribution in [-0.2, 0) is 4.79 Å². The molecular formula is C16H24N4O3. The minimum Gasteiger partial charge on any atom is -0.368 e. The first-order chi connectivity index (χ1) is 10.7. The highest BCUT2D eigenvalue weighted by Gasteiger charge is 2.32. The third-order valence-electron chi connectivity index (χ3n) is 4.20. The number of rotatable bonds is 3. The van der Waals surface area contributed by atoms with Gasteiger partial charge in [0.05, 0.1) is 11.0 Å². The summed E-state index contributed by atoms with van der Waals surface area (Å²) < 4.78 is 0. The van der Waals surface area contributed by atoms with Crippen LogP contribution < -0.4 is 10.6 Å². The summed E-state index contributed by atoms with van der Waals surface area (Å²) in [5.74, 6) is -0.0313. The molecule has 1 aliphatic heterocycles. The van der Waals surface area contributed by atoms with Gasteiger partial charge in [0, 0.05) is 44.0 Å². The third-order valence-corrected chi connectivity index (χ3v) is 4.20. The van der Waals surface area contributed by atoms with Crippen LogP contribution in [-0.4, -0.2) is 48.0 Å². The summed E-state index contributed by atoms with van der Waals surface area (Å²) in [6.45, 7) is 8.29. The number of non-ortho nitro benzene ring substituents is 1. The Morgan fingerprint density at radius 1 is 1.26 bits per heavy atom. The molecule has 1 aliphatic rings. The fourth-order valence-electron chi connectivity index (χ4n) is 2.56. The highest BCUT2D eigenvalue weighted by molar-refractivity contribution is 5.82. The van der Waals surface area contributed by atoms with Gasteiger partial charge in [-0.05, 0) is 11.5 Å². The molecule has 7 heteroatoms. The fraction of sp³-hybridized carbons (Fsp3) is 0.562. The van der Waals surface area contributed by atoms with Crippen LogP contribution >= 0.6 is 0 Å². The molecule has 1 heterocycles. The summed E-state index contributed by atoms with van der Waals surface area (Å²) in [6.07, 6.45) is 0. The molecule has 0 spiro atoms. The zero-order chi connectivity index (χ0) is 17.2. The standard InChI is InChI=1S/C16H24N4O3/c1-16(2,3)14(17)15(21)19-9-7-18(8-10-19)12-5-4-6-13(11-12)20(22)23/h4-6,11,14H,7-10,17H2,1-3H3/t14-/m1/s1. The maximum Gasteiger partial charge on any atom is 0.271 e. The van der Waals surface area contributed by atoms with Crippen molar-refractivity contribution < 1.29 is 9.72 Å². The lowest BCUT2D eigenvalue weighted by atomic mass is 9.86. The number of anilines is 1. The van der Waals surface area contributed by atoms with Crippen molar-refractivity contribution in [2.75, 3.05) is 31.1 Å². The zero-order valence-corrected chi connectivity index (χ0v) is 13.9. The fourth-order valence-corrected chi connectivity index (χ4v) is 2.56. The number of piperazine rings is 1. The second kappa shape index (κ2) is 6.54. The van der Waals surface area contributed by atoms with Crippen molar-refractivity contribution in [3.8, 4) is 0 Å². The largest absolute Gasteiger partial charge is 0.368 e. The first-order valence-electron chi connectivity index (χ1n) is 7.74. The van der Waals surface area contributed by atoms with Gasteiger partial charge in [0.15, 0.2) is 0 Å². The number of nitrogens with two attached hydrogens (primary N) is 1. The summed E-state index contributed by atoms with van der Waals surface area (Å²) in [4.78, 5) is 26.7. The van der Waals surface area contributed by atoms with E-state index < -0.39 is 11.0 Å². The lowest BCUT2D eigenvalue weighted by Gasteiger charge is -2.39. The maximum atomic E-state index is 12.4. The number of nitrogens with zero attached hydrogens (tertiary/aromatic N) is 3. The van der Waals surface area contributed by atoms with Crippen LogP contribution in [0, 0.1) is 15.5 Å². The van der Waals surface area contributed by atoms with Crippen LogP contribution in [0.4, 0.5) is 11.4 Å². The van der Waals surface area contributed by atoms with E-state index in [2.05, 4.69) is 4.90 Å². The molecule has 0 saturated carbocycles. The molecule has 1 aromatic carbocycles. The highest BCUT2D eigenvalue weighted by atomic mass is 16.6. The molecule has 1 aromatic rings. The Kier molecular flexibility index (Phi) is 4.89. The Balaban J connectivity index is 2.00. The highest BCUT2D eigenvalue weighted by Crippen LogP contribution is 2.23. The van der Waals surface area contributed by atoms with E-state index in [9.17, 15) is 14.9 Å². The molecule has 1 saturated heterocycles. The molecule has 0 aliphatic carbocycles. The van der Waals surface area contributed by atoms with E-state index in [-0.39, 0.29) is 17.0 Å². The van der Waals surface area contributed by atoms with Crippen molar-refractivity contribution in [3.63, 3.8) is 0 Å². The Morgan fingerprint density at radius 3 is 2.39 bits per heavy atom. The van der Waals surface area contributed by atoms with E-state index in [0.29, 0.717) is 26.2 Å². The molecule has 0 radical (unpaired) electrons. The van der Waals surface area contributed by atoms with Gasteiger partial charge in [-0.1, -0.05) is 26.8 Å². The quantitative estimate of drug-likeness (QED) is 0.675. The SMILES string of the molecule is CC(C)(C)[C@H](N)C(=O)N1CCN(c2cccc([N+](=O)[O-])c2)CC1. The predicted octanol–water partition coefficient (Wildman–Crippen LogP) is 1.62. The topological polar surface area (TPSA) is 92.7 Å². The van der Waals surface area contributed by atoms with Crippen molar-refractivity contribution in [1.29, 1.82) is 0 Å². The number of benzene rings is 1. The van der Waals surface area contributed by atoms with Gasteiger partial charge in [0.1, 0.15) is 0 Å². The molecule has 1 amide bonds. The number of nitro benzene ring substituents is 1. The van der Waals surface area contributed by atoms with Crippen molar-refractivity contribution in [2.24, 2.45) is 11.1 Å². The van der Waals surface area contributed by atoms with E-state index >= 15 is 0 Å². The van der Waals surface area contributed by atoms with Crippen molar-refractivity contribution in [1.82, 2.24) is 4.90 Å². The average Bonchev–Trinajstić information content (AvgIpc) is 2.53. The first kappa shape index (κ1) is 17.2. The number of carbonyl (C=O) groups excluding carboxylic acids is 1. The molecule has 126 valence electrons. The summed E-state index contributed by atoms with van der Waals surface area (Å²) >= 11 is 0. The Morgan fingerprint density at radius 2 is 1.87 bits per heavy atom. The Labute approximate surface area is 136 Å². The molecule has 23 heavy (non-hydrogen) atoms. The first-order valence-corrected chi connectivity index (χ1v) is 7.74. The van der Waals surface area contributed by atoms with Crippen LogP contribution in [0.3, 0.4) is 0 Å². The molecule has 0 aromatic heterocycles. The molecule has 2 N–H and O–H groups in total. The number of hydrogen-bond acceptors (Lipinski definition) is 5. The van der Waals surface area contributed by atoms with Gasteiger partial charge in [-0.3, -0.25) is 14.9 Å². The van der Waals surface area contributed by atoms with E-state index in [1.807, 2.05) is 26.8 Å². The normalized spacial score (nSPS) is 17.0. The summed E-state index contributed by atoms with van der Waals surface area (Å²) in [5.41, 5.74) is 6.67. The molecule has 2 rings (SSSR count). The minimum atomic E-state index is -0.521. The minimum absolute atomic E-state index is 0.0313. The third kappa shape index (κ3) is 3.98. The van der Waals surface area contributed by atoms with Gasteiger partial charge in [-0.2, -0.15) is 0 Å². The van der Waals surface area contributed by atoms with Gasteiger partial charge in [0.2, 0.25) is 5.91 Å². The van der Waals surface area contributed by atoms with E-state index in [1.165, 1.54) is 6.07 Å². The summed E-state index contributed by atoms with van der Waals surface area (Å²) in [7, 11) is 0. The second-order valence-corrected chi connectivity index (χ2v) is 6.93. The summed E-state index contributed by atoms with van der Waals surface area (Å²) in [6, 6.07) is 6.06. The molecule has 1 atom stereocenters. The second-order valence-electron chi connectivity index (χ2n) is 6.93. The smallest absolute Gasteiger partial charge is 0.271 e. The number of hydrogen-bond donors (Lipinski definition) is 1. The van der Waals surface area contributed by atoms with Gasteiger partial charge in [-0.15, -0.1) is 0 Å². The van der Waals surface area contributed by atoms with Crippen LogP contribution in [0.1, 0.15) is 20.8 Å². The van der Waals surface area contributed by atoms with Gasteiger partial charge in [-0.25, -0.2) is 0 Å². The predicted molar refractivity (Wildman–Crippen MR) is 89.3 cm³/mol. The van der Waals surface area contributed by atoms with Crippen molar-refractivity contribution in [2.45, 2.75) is 26.8 Å². The molecule has 0 unspecified atom stereocenters. The molecule has 7 nitrogen and oxygen atoms in total. The monoisotopic (exact) mass is 320 g/mol. The lowest BCUT2D eigenvalue weighted by Crippen LogP contribution is -2.56. The van der Waals surface area contributed by atoms with Crippen LogP contribution in [0.15, 0.2) is 24.3 Å². The van der Waals surface area contributed by atoms with Gasteiger partial charge in [0.25, 0.3) is 5.69 Å².